The molecule has 1 amide bonds. The third kappa shape index (κ3) is 7.46. The van der Waals surface area contributed by atoms with E-state index in [2.05, 4.69) is 5.32 Å². The van der Waals surface area contributed by atoms with Crippen LogP contribution in [0.1, 0.15) is 27.2 Å². The number of rotatable bonds is 6. The van der Waals surface area contributed by atoms with E-state index in [1.807, 2.05) is 13.8 Å². The van der Waals surface area contributed by atoms with Crippen molar-refractivity contribution in [2.75, 3.05) is 13.2 Å². The molecule has 0 rings (SSSR count). The van der Waals surface area contributed by atoms with Crippen LogP contribution in [-0.2, 0) is 14.3 Å². The van der Waals surface area contributed by atoms with Gasteiger partial charge in [-0.25, -0.2) is 0 Å². The Hall–Kier alpha value is -0.900. The Morgan fingerprint density at radius 3 is 2.54 bits per heavy atom. The molecular formula is C9H17NO3. The van der Waals surface area contributed by atoms with Crippen LogP contribution in [0, 0.1) is 0 Å². The van der Waals surface area contributed by atoms with Gasteiger partial charge in [0.1, 0.15) is 5.78 Å². The fourth-order valence-corrected chi connectivity index (χ4v) is 0.890. The fraction of sp³-hybridized carbons (Fsp3) is 0.778. The summed E-state index contributed by atoms with van der Waals surface area (Å²) in [4.78, 5) is 21.5. The number of amides is 1. The lowest BCUT2D eigenvalue weighted by molar-refractivity contribution is -0.127. The quantitative estimate of drug-likeness (QED) is 0.616. The van der Waals surface area contributed by atoms with Crippen molar-refractivity contribution in [1.29, 1.82) is 0 Å². The highest BCUT2D eigenvalue weighted by molar-refractivity contribution is 5.96. The molecule has 4 nitrogen and oxygen atoms in total. The number of hydrogen-bond acceptors (Lipinski definition) is 3. The molecule has 0 aromatic heterocycles. The van der Waals surface area contributed by atoms with Crippen LogP contribution in [0.3, 0.4) is 0 Å². The van der Waals surface area contributed by atoms with Gasteiger partial charge in [0.2, 0.25) is 5.91 Å². The van der Waals surface area contributed by atoms with E-state index < -0.39 is 0 Å². The van der Waals surface area contributed by atoms with Crippen LogP contribution >= 0.6 is 0 Å². The summed E-state index contributed by atoms with van der Waals surface area (Å²) in [6.45, 7) is 6.25. The Morgan fingerprint density at radius 2 is 2.08 bits per heavy atom. The second kappa shape index (κ2) is 6.60. The molecule has 0 aromatic rings. The lowest BCUT2D eigenvalue weighted by Gasteiger charge is -2.11. The molecule has 0 aliphatic heterocycles. The molecule has 13 heavy (non-hydrogen) atoms. The van der Waals surface area contributed by atoms with Crippen LogP contribution < -0.4 is 5.32 Å². The van der Waals surface area contributed by atoms with E-state index in [-0.39, 0.29) is 24.2 Å². The number of ketones is 1. The molecule has 0 radical (unpaired) electrons. The van der Waals surface area contributed by atoms with Crippen LogP contribution in [-0.4, -0.2) is 30.9 Å². The van der Waals surface area contributed by atoms with E-state index in [0.29, 0.717) is 13.2 Å². The van der Waals surface area contributed by atoms with Gasteiger partial charge in [0, 0.05) is 13.2 Å². The zero-order chi connectivity index (χ0) is 10.3. The molecule has 0 spiro atoms. The Morgan fingerprint density at radius 1 is 1.46 bits per heavy atom. The summed E-state index contributed by atoms with van der Waals surface area (Å²) in [5.74, 6) is -0.361. The predicted octanol–water partition coefficient (Wildman–Crippen LogP) is 0.507. The highest BCUT2D eigenvalue weighted by Gasteiger charge is 2.06. The van der Waals surface area contributed by atoms with E-state index in [9.17, 15) is 9.59 Å². The fourth-order valence-electron chi connectivity index (χ4n) is 0.890. The number of carbonyl (C=O) groups is 2. The van der Waals surface area contributed by atoms with Gasteiger partial charge in [-0.05, 0) is 20.8 Å². The second-order valence-electron chi connectivity index (χ2n) is 2.95. The van der Waals surface area contributed by atoms with Crippen LogP contribution in [0.15, 0.2) is 0 Å². The van der Waals surface area contributed by atoms with E-state index >= 15 is 0 Å². The molecule has 0 saturated heterocycles. The molecule has 0 aromatic carbocycles. The lowest BCUT2D eigenvalue weighted by atomic mass is 10.3. The first kappa shape index (κ1) is 12.1. The number of carbonyl (C=O) groups excluding carboxylic acids is 2. The second-order valence-corrected chi connectivity index (χ2v) is 2.95. The number of hydrogen-bond donors (Lipinski definition) is 1. The van der Waals surface area contributed by atoms with Crippen LogP contribution in [0.5, 0.6) is 0 Å². The summed E-state index contributed by atoms with van der Waals surface area (Å²) in [6, 6.07) is 0. The molecule has 1 unspecified atom stereocenters. The summed E-state index contributed by atoms with van der Waals surface area (Å²) in [7, 11) is 0. The minimum atomic E-state index is -0.237. The molecule has 0 fully saturated rings. The van der Waals surface area contributed by atoms with Crippen molar-refractivity contribution in [2.24, 2.45) is 0 Å². The summed E-state index contributed by atoms with van der Waals surface area (Å²) in [6.07, 6.45) is -0.0420. The van der Waals surface area contributed by atoms with Gasteiger partial charge in [-0.2, -0.15) is 0 Å². The van der Waals surface area contributed by atoms with Gasteiger partial charge in [-0.15, -0.1) is 0 Å². The number of Topliss-reactive ketones (excluding diaryl/α,β-unsaturated/α-hetero) is 1. The first-order valence-electron chi connectivity index (χ1n) is 4.44. The Labute approximate surface area is 78.6 Å². The van der Waals surface area contributed by atoms with Crippen molar-refractivity contribution in [3.8, 4) is 0 Å². The molecule has 0 saturated carbocycles. The maximum Gasteiger partial charge on any atom is 0.227 e. The average Bonchev–Trinajstić information content (AvgIpc) is 2.00. The van der Waals surface area contributed by atoms with Gasteiger partial charge in [0.15, 0.2) is 0 Å². The monoisotopic (exact) mass is 187 g/mol. The predicted molar refractivity (Wildman–Crippen MR) is 49.4 cm³/mol. The normalized spacial score (nSPS) is 12.2. The topological polar surface area (TPSA) is 55.4 Å². The van der Waals surface area contributed by atoms with Crippen molar-refractivity contribution in [2.45, 2.75) is 33.3 Å². The van der Waals surface area contributed by atoms with Gasteiger partial charge in [0.05, 0.1) is 12.5 Å². The van der Waals surface area contributed by atoms with Gasteiger partial charge >= 0.3 is 0 Å². The van der Waals surface area contributed by atoms with E-state index in [4.69, 9.17) is 4.74 Å². The summed E-state index contributed by atoms with van der Waals surface area (Å²) in [5, 5.41) is 2.61. The third-order valence-electron chi connectivity index (χ3n) is 1.45. The van der Waals surface area contributed by atoms with E-state index in [1.165, 1.54) is 6.92 Å². The molecule has 0 aliphatic rings. The SMILES string of the molecule is CCOC(C)CNC(=O)CC(C)=O. The van der Waals surface area contributed by atoms with Crippen molar-refractivity contribution >= 4 is 11.7 Å². The van der Waals surface area contributed by atoms with Crippen LogP contribution in [0.2, 0.25) is 0 Å². The Kier molecular flexibility index (Phi) is 6.14. The highest BCUT2D eigenvalue weighted by atomic mass is 16.5. The molecule has 1 atom stereocenters. The van der Waals surface area contributed by atoms with Gasteiger partial charge < -0.3 is 10.1 Å². The third-order valence-corrected chi connectivity index (χ3v) is 1.45. The lowest BCUT2D eigenvalue weighted by Crippen LogP contribution is -2.32. The minimum Gasteiger partial charge on any atom is -0.377 e. The summed E-state index contributed by atoms with van der Waals surface area (Å²) in [5.41, 5.74) is 0. The molecule has 76 valence electrons. The molecule has 0 aliphatic carbocycles. The smallest absolute Gasteiger partial charge is 0.227 e. The number of nitrogens with one attached hydrogen (secondary N) is 1. The van der Waals surface area contributed by atoms with Gasteiger partial charge in [-0.3, -0.25) is 9.59 Å². The van der Waals surface area contributed by atoms with E-state index in [0.717, 1.165) is 0 Å². The molecule has 4 heteroatoms. The standard InChI is InChI=1S/C9H17NO3/c1-4-13-8(3)6-10-9(12)5-7(2)11/h8H,4-6H2,1-3H3,(H,10,12). The van der Waals surface area contributed by atoms with Crippen molar-refractivity contribution in [3.05, 3.63) is 0 Å². The van der Waals surface area contributed by atoms with Gasteiger partial charge in [0.25, 0.3) is 0 Å². The molecule has 0 bridgehead atoms. The Balaban J connectivity index is 3.51. The molecule has 1 N–H and O–H groups in total. The Bertz CT molecular complexity index is 180. The summed E-state index contributed by atoms with van der Waals surface area (Å²) >= 11 is 0. The largest absolute Gasteiger partial charge is 0.377 e. The minimum absolute atomic E-state index is 0.000841. The zero-order valence-electron chi connectivity index (χ0n) is 8.42. The van der Waals surface area contributed by atoms with Crippen LogP contribution in [0.25, 0.3) is 0 Å². The zero-order valence-corrected chi connectivity index (χ0v) is 8.42. The van der Waals surface area contributed by atoms with Gasteiger partial charge in [-0.1, -0.05) is 0 Å². The maximum atomic E-state index is 11.0. The average molecular weight is 187 g/mol. The first-order valence-corrected chi connectivity index (χ1v) is 4.44. The maximum absolute atomic E-state index is 11.0. The van der Waals surface area contributed by atoms with Crippen molar-refractivity contribution in [1.82, 2.24) is 5.32 Å². The molecular weight excluding hydrogens is 170 g/mol. The summed E-state index contributed by atoms with van der Waals surface area (Å²) < 4.78 is 5.20. The van der Waals surface area contributed by atoms with Crippen molar-refractivity contribution < 1.29 is 14.3 Å². The number of ether oxygens (including phenoxy) is 1. The van der Waals surface area contributed by atoms with E-state index in [1.54, 1.807) is 0 Å². The highest BCUT2D eigenvalue weighted by Crippen LogP contribution is 1.88. The van der Waals surface area contributed by atoms with Crippen LogP contribution in [0.4, 0.5) is 0 Å². The first-order chi connectivity index (χ1) is 6.06. The van der Waals surface area contributed by atoms with Crippen molar-refractivity contribution in [3.63, 3.8) is 0 Å². The molecule has 0 heterocycles.